The average molecular weight is 276 g/mol. The highest BCUT2D eigenvalue weighted by molar-refractivity contribution is 5.78. The molecule has 7 nitrogen and oxygen atoms in total. The molecule has 0 radical (unpaired) electrons. The lowest BCUT2D eigenvalue weighted by molar-refractivity contribution is -0.175. The zero-order valence-corrected chi connectivity index (χ0v) is 11.3. The average Bonchev–Trinajstić information content (AvgIpc) is 2.92. The summed E-state index contributed by atoms with van der Waals surface area (Å²) in [5.74, 6) is -1.13. The lowest BCUT2D eigenvalue weighted by Gasteiger charge is -2.28. The Labute approximate surface area is 116 Å². The normalized spacial score (nSPS) is 14.2. The Kier molecular flexibility index (Phi) is 4.09. The predicted octanol–water partition coefficient (Wildman–Crippen LogP) is 1.15. The molecule has 1 unspecified atom stereocenters. The molecular formula is C13H16N4O3. The van der Waals surface area contributed by atoms with E-state index in [9.17, 15) is 9.90 Å². The van der Waals surface area contributed by atoms with Gasteiger partial charge in [0.05, 0.1) is 6.10 Å². The number of carboxylic acid groups (broad SMARTS) is 1. The number of nitrogens with one attached hydrogen (secondary N) is 1. The van der Waals surface area contributed by atoms with E-state index in [-0.39, 0.29) is 18.3 Å². The van der Waals surface area contributed by atoms with E-state index >= 15 is 0 Å². The SMILES string of the molecule is CC(C)OC(Cc1ccccc1)(C(=O)O)c1nn[nH]n1. The number of aliphatic carboxylic acids is 1. The summed E-state index contributed by atoms with van der Waals surface area (Å²) in [6.07, 6.45) is -0.172. The second-order valence-electron chi connectivity index (χ2n) is 4.70. The summed E-state index contributed by atoms with van der Waals surface area (Å²) in [6.45, 7) is 3.53. The summed E-state index contributed by atoms with van der Waals surface area (Å²) in [6, 6.07) is 9.22. The number of hydrogen-bond acceptors (Lipinski definition) is 5. The molecule has 20 heavy (non-hydrogen) atoms. The van der Waals surface area contributed by atoms with Crippen molar-refractivity contribution in [3.8, 4) is 0 Å². The van der Waals surface area contributed by atoms with Crippen molar-refractivity contribution in [2.75, 3.05) is 0 Å². The maximum atomic E-state index is 11.8. The summed E-state index contributed by atoms with van der Waals surface area (Å²) in [7, 11) is 0. The minimum atomic E-state index is -1.65. The zero-order chi connectivity index (χ0) is 14.6. The maximum absolute atomic E-state index is 11.8. The maximum Gasteiger partial charge on any atom is 0.344 e. The van der Waals surface area contributed by atoms with E-state index in [0.29, 0.717) is 0 Å². The molecule has 0 saturated carbocycles. The van der Waals surface area contributed by atoms with Crippen LogP contribution in [0.2, 0.25) is 0 Å². The van der Waals surface area contributed by atoms with Crippen LogP contribution < -0.4 is 0 Å². The summed E-state index contributed by atoms with van der Waals surface area (Å²) in [5.41, 5.74) is -0.831. The van der Waals surface area contributed by atoms with Gasteiger partial charge in [-0.15, -0.1) is 10.2 Å². The Hall–Kier alpha value is -2.28. The summed E-state index contributed by atoms with van der Waals surface area (Å²) < 4.78 is 5.66. The van der Waals surface area contributed by atoms with E-state index in [4.69, 9.17) is 4.74 Å². The van der Waals surface area contributed by atoms with Crippen molar-refractivity contribution in [2.24, 2.45) is 0 Å². The van der Waals surface area contributed by atoms with Gasteiger partial charge in [-0.2, -0.15) is 5.21 Å². The van der Waals surface area contributed by atoms with Crippen LogP contribution in [-0.4, -0.2) is 37.8 Å². The molecule has 0 bridgehead atoms. The quantitative estimate of drug-likeness (QED) is 0.820. The number of aromatic amines is 1. The van der Waals surface area contributed by atoms with Crippen molar-refractivity contribution < 1.29 is 14.6 Å². The second kappa shape index (κ2) is 5.79. The van der Waals surface area contributed by atoms with E-state index in [0.717, 1.165) is 5.56 Å². The third-order valence-corrected chi connectivity index (χ3v) is 2.78. The van der Waals surface area contributed by atoms with Crippen molar-refractivity contribution >= 4 is 5.97 Å². The number of H-pyrrole nitrogens is 1. The molecule has 0 aliphatic carbocycles. The number of carboxylic acids is 1. The number of benzene rings is 1. The summed E-state index contributed by atoms with van der Waals surface area (Å²) >= 11 is 0. The molecule has 0 saturated heterocycles. The van der Waals surface area contributed by atoms with Crippen LogP contribution in [0.25, 0.3) is 0 Å². The molecule has 2 rings (SSSR count). The molecule has 0 amide bonds. The highest BCUT2D eigenvalue weighted by Gasteiger charge is 2.46. The molecule has 106 valence electrons. The lowest BCUT2D eigenvalue weighted by atomic mass is 9.93. The Balaban J connectivity index is 2.44. The fourth-order valence-electron chi connectivity index (χ4n) is 2.01. The first-order chi connectivity index (χ1) is 9.54. The fraction of sp³-hybridized carbons (Fsp3) is 0.385. The number of nitrogens with zero attached hydrogens (tertiary/aromatic N) is 3. The van der Waals surface area contributed by atoms with Gasteiger partial charge in [0.2, 0.25) is 11.4 Å². The Bertz CT molecular complexity index is 556. The first-order valence-electron chi connectivity index (χ1n) is 6.23. The summed E-state index contributed by atoms with van der Waals surface area (Å²) in [4.78, 5) is 11.8. The molecule has 0 fully saturated rings. The van der Waals surface area contributed by atoms with Gasteiger partial charge in [-0.3, -0.25) is 0 Å². The Morgan fingerprint density at radius 1 is 1.40 bits per heavy atom. The Morgan fingerprint density at radius 3 is 2.60 bits per heavy atom. The van der Waals surface area contributed by atoms with Gasteiger partial charge in [-0.25, -0.2) is 4.79 Å². The van der Waals surface area contributed by atoms with Crippen LogP contribution in [0.5, 0.6) is 0 Å². The van der Waals surface area contributed by atoms with Crippen LogP contribution in [0.1, 0.15) is 25.2 Å². The van der Waals surface area contributed by atoms with Crippen LogP contribution in [0.15, 0.2) is 30.3 Å². The molecule has 0 spiro atoms. The molecule has 2 N–H and O–H groups in total. The molecule has 0 aliphatic heterocycles. The molecule has 0 aliphatic rings. The number of rotatable bonds is 6. The van der Waals surface area contributed by atoms with Crippen LogP contribution in [0, 0.1) is 0 Å². The largest absolute Gasteiger partial charge is 0.479 e. The molecule has 1 heterocycles. The van der Waals surface area contributed by atoms with Crippen LogP contribution in [0.3, 0.4) is 0 Å². The second-order valence-corrected chi connectivity index (χ2v) is 4.70. The van der Waals surface area contributed by atoms with Crippen molar-refractivity contribution in [1.29, 1.82) is 0 Å². The molecule has 1 aromatic carbocycles. The van der Waals surface area contributed by atoms with E-state index in [1.54, 1.807) is 13.8 Å². The number of aromatic nitrogens is 4. The standard InChI is InChI=1S/C13H16N4O3/c1-9(2)20-13(12(18)19,11-14-16-17-15-11)8-10-6-4-3-5-7-10/h3-7,9H,8H2,1-2H3,(H,18,19)(H,14,15,16,17). The topological polar surface area (TPSA) is 101 Å². The van der Waals surface area contributed by atoms with Crippen molar-refractivity contribution in [3.05, 3.63) is 41.7 Å². The summed E-state index contributed by atoms with van der Waals surface area (Å²) in [5, 5.41) is 23.0. The number of carbonyl (C=O) groups is 1. The minimum absolute atomic E-state index is 0.0163. The highest BCUT2D eigenvalue weighted by Crippen LogP contribution is 2.29. The molecule has 2 aromatic rings. The van der Waals surface area contributed by atoms with Gasteiger partial charge in [-0.1, -0.05) is 35.5 Å². The highest BCUT2D eigenvalue weighted by atomic mass is 16.5. The van der Waals surface area contributed by atoms with Crippen LogP contribution in [-0.2, 0) is 21.6 Å². The lowest BCUT2D eigenvalue weighted by Crippen LogP contribution is -2.44. The third kappa shape index (κ3) is 2.83. The van der Waals surface area contributed by atoms with Crippen molar-refractivity contribution in [1.82, 2.24) is 20.6 Å². The zero-order valence-electron chi connectivity index (χ0n) is 11.3. The third-order valence-electron chi connectivity index (χ3n) is 2.78. The predicted molar refractivity (Wildman–Crippen MR) is 69.9 cm³/mol. The molecule has 1 aromatic heterocycles. The smallest absolute Gasteiger partial charge is 0.344 e. The van der Waals surface area contributed by atoms with Gasteiger partial charge in [0.15, 0.2) is 0 Å². The fourth-order valence-corrected chi connectivity index (χ4v) is 2.01. The van der Waals surface area contributed by atoms with Crippen LogP contribution in [0.4, 0.5) is 0 Å². The van der Waals surface area contributed by atoms with Gasteiger partial charge in [0.25, 0.3) is 0 Å². The first-order valence-corrected chi connectivity index (χ1v) is 6.23. The van der Waals surface area contributed by atoms with E-state index in [1.807, 2.05) is 30.3 Å². The number of tetrazole rings is 1. The van der Waals surface area contributed by atoms with Crippen LogP contribution >= 0.6 is 0 Å². The van der Waals surface area contributed by atoms with Crippen molar-refractivity contribution in [3.63, 3.8) is 0 Å². The van der Waals surface area contributed by atoms with Gasteiger partial charge in [0.1, 0.15) is 0 Å². The minimum Gasteiger partial charge on any atom is -0.479 e. The van der Waals surface area contributed by atoms with Gasteiger partial charge in [-0.05, 0) is 19.4 Å². The number of ether oxygens (including phenoxy) is 1. The number of hydrogen-bond donors (Lipinski definition) is 2. The molecular weight excluding hydrogens is 260 g/mol. The monoisotopic (exact) mass is 276 g/mol. The molecule has 7 heteroatoms. The van der Waals surface area contributed by atoms with Gasteiger partial charge >= 0.3 is 5.97 Å². The Morgan fingerprint density at radius 2 is 2.10 bits per heavy atom. The van der Waals surface area contributed by atoms with E-state index in [2.05, 4.69) is 20.6 Å². The van der Waals surface area contributed by atoms with E-state index in [1.165, 1.54) is 0 Å². The van der Waals surface area contributed by atoms with Gasteiger partial charge in [0, 0.05) is 6.42 Å². The first kappa shape index (κ1) is 14.1. The van der Waals surface area contributed by atoms with Gasteiger partial charge < -0.3 is 9.84 Å². The van der Waals surface area contributed by atoms with E-state index < -0.39 is 11.6 Å². The van der Waals surface area contributed by atoms with Crippen molar-refractivity contribution in [2.45, 2.75) is 32.0 Å². The molecule has 1 atom stereocenters.